The number of anilines is 1. The monoisotopic (exact) mass is 376 g/mol. The van der Waals surface area contributed by atoms with E-state index >= 15 is 0 Å². The zero-order valence-electron chi connectivity index (χ0n) is 13.7. The van der Waals surface area contributed by atoms with Crippen LogP contribution in [0.25, 0.3) is 0 Å². The van der Waals surface area contributed by atoms with Crippen molar-refractivity contribution in [1.29, 1.82) is 5.26 Å². The van der Waals surface area contributed by atoms with Gasteiger partial charge in [0.2, 0.25) is 0 Å². The zero-order valence-corrected chi connectivity index (χ0v) is 15.4. The number of rotatable bonds is 4. The number of nitrogens with one attached hydrogen (secondary N) is 1. The van der Waals surface area contributed by atoms with Gasteiger partial charge >= 0.3 is 5.00 Å². The molecule has 0 fully saturated rings. The zero-order chi connectivity index (χ0) is 18.1. The third kappa shape index (κ3) is 3.42. The molecule has 2 aromatic rings. The fraction of sp³-hybridized carbons (Fsp3) is 0.375. The van der Waals surface area contributed by atoms with Crippen molar-refractivity contribution in [2.24, 2.45) is 0 Å². The van der Waals surface area contributed by atoms with Crippen molar-refractivity contribution < 1.29 is 9.72 Å². The lowest BCUT2D eigenvalue weighted by atomic mass is 10.0. The van der Waals surface area contributed by atoms with E-state index in [0.717, 1.165) is 41.3 Å². The molecule has 1 aliphatic rings. The topological polar surface area (TPSA) is 99.3 Å². The molecule has 0 radical (unpaired) electrons. The highest BCUT2D eigenvalue weighted by Crippen LogP contribution is 2.37. The van der Waals surface area contributed by atoms with Crippen molar-refractivity contribution in [2.75, 3.05) is 11.9 Å². The summed E-state index contributed by atoms with van der Waals surface area (Å²) in [7, 11) is 0. The second kappa shape index (κ2) is 6.92. The summed E-state index contributed by atoms with van der Waals surface area (Å²) >= 11 is 2.24. The largest absolute Gasteiger partial charge is 0.324 e. The van der Waals surface area contributed by atoms with Crippen LogP contribution in [0.2, 0.25) is 0 Å². The molecule has 130 valence electrons. The average molecular weight is 376 g/mol. The number of fused-ring (bicyclic) bond motifs is 1. The summed E-state index contributed by atoms with van der Waals surface area (Å²) in [6.07, 6.45) is 0.785. The Morgan fingerprint density at radius 2 is 2.20 bits per heavy atom. The summed E-state index contributed by atoms with van der Waals surface area (Å²) in [6, 6.07) is 5.36. The highest BCUT2D eigenvalue weighted by molar-refractivity contribution is 7.18. The van der Waals surface area contributed by atoms with Gasteiger partial charge in [-0.15, -0.1) is 11.3 Å². The van der Waals surface area contributed by atoms with E-state index in [1.54, 1.807) is 0 Å². The number of nitriles is 1. The van der Waals surface area contributed by atoms with E-state index in [1.165, 1.54) is 23.5 Å². The number of hydrogen-bond acceptors (Lipinski definition) is 7. The highest BCUT2D eigenvalue weighted by Gasteiger charge is 2.27. The lowest BCUT2D eigenvalue weighted by Crippen LogP contribution is -2.35. The highest BCUT2D eigenvalue weighted by atomic mass is 32.1. The third-order valence-electron chi connectivity index (χ3n) is 4.15. The Kier molecular flexibility index (Phi) is 4.85. The molecule has 1 aliphatic heterocycles. The van der Waals surface area contributed by atoms with E-state index in [-0.39, 0.29) is 9.88 Å². The van der Waals surface area contributed by atoms with Gasteiger partial charge in [-0.1, -0.05) is 11.3 Å². The van der Waals surface area contributed by atoms with Crippen LogP contribution in [0.5, 0.6) is 0 Å². The van der Waals surface area contributed by atoms with Crippen molar-refractivity contribution in [3.05, 3.63) is 43.1 Å². The summed E-state index contributed by atoms with van der Waals surface area (Å²) in [5.41, 5.74) is 1.53. The van der Waals surface area contributed by atoms with Crippen LogP contribution in [0.15, 0.2) is 12.1 Å². The number of nitrogens with zero attached hydrogens (tertiary/aromatic N) is 3. The Morgan fingerprint density at radius 3 is 2.80 bits per heavy atom. The quantitative estimate of drug-likeness (QED) is 0.649. The molecule has 0 aliphatic carbocycles. The first kappa shape index (κ1) is 17.5. The molecule has 0 aromatic carbocycles. The molecule has 0 saturated carbocycles. The van der Waals surface area contributed by atoms with E-state index in [2.05, 4.69) is 30.1 Å². The van der Waals surface area contributed by atoms with Gasteiger partial charge in [-0.05, 0) is 31.9 Å². The Balaban J connectivity index is 1.84. The number of carbonyl (C=O) groups is 1. The van der Waals surface area contributed by atoms with Gasteiger partial charge in [-0.2, -0.15) is 5.26 Å². The maximum Gasteiger partial charge on any atom is 0.324 e. The predicted octanol–water partition coefficient (Wildman–Crippen LogP) is 3.61. The van der Waals surface area contributed by atoms with Crippen LogP contribution < -0.4 is 5.32 Å². The van der Waals surface area contributed by atoms with Crippen molar-refractivity contribution >= 4 is 38.6 Å². The molecular weight excluding hydrogens is 360 g/mol. The minimum Gasteiger partial charge on any atom is -0.312 e. The van der Waals surface area contributed by atoms with Gasteiger partial charge < -0.3 is 5.32 Å². The van der Waals surface area contributed by atoms with Crippen molar-refractivity contribution in [3.63, 3.8) is 0 Å². The average Bonchev–Trinajstić information content (AvgIpc) is 3.18. The summed E-state index contributed by atoms with van der Waals surface area (Å²) in [5.74, 6) is -0.422. The van der Waals surface area contributed by atoms with Crippen molar-refractivity contribution in [2.45, 2.75) is 32.9 Å². The normalized spacial score (nSPS) is 14.2. The van der Waals surface area contributed by atoms with E-state index in [9.17, 15) is 20.2 Å². The third-order valence-corrected chi connectivity index (χ3v) is 6.32. The molecule has 3 rings (SSSR count). The first-order chi connectivity index (χ1) is 11.9. The first-order valence-electron chi connectivity index (χ1n) is 7.75. The molecule has 0 bridgehead atoms. The number of thiophene rings is 2. The molecule has 2 aromatic heterocycles. The number of carbonyl (C=O) groups excluding carboxylic acids is 1. The predicted molar refractivity (Wildman–Crippen MR) is 97.2 cm³/mol. The van der Waals surface area contributed by atoms with Crippen LogP contribution in [0, 0.1) is 21.4 Å². The van der Waals surface area contributed by atoms with Crippen LogP contribution in [-0.2, 0) is 13.0 Å². The van der Waals surface area contributed by atoms with Gasteiger partial charge in [0.15, 0.2) is 0 Å². The molecule has 25 heavy (non-hydrogen) atoms. The van der Waals surface area contributed by atoms with E-state index < -0.39 is 10.8 Å². The van der Waals surface area contributed by atoms with Gasteiger partial charge in [0.05, 0.1) is 15.4 Å². The number of nitro groups is 1. The first-order valence-corrected chi connectivity index (χ1v) is 9.38. The van der Waals surface area contributed by atoms with Crippen LogP contribution in [0.1, 0.15) is 39.5 Å². The SMILES string of the molecule is CC(C)N1CCc2c(sc(NC(=O)c3ccc([N+](=O)[O-])s3)c2C#N)C1. The minimum absolute atomic E-state index is 0.0799. The van der Waals surface area contributed by atoms with E-state index in [1.807, 2.05) is 0 Å². The summed E-state index contributed by atoms with van der Waals surface area (Å²) < 4.78 is 0. The maximum atomic E-state index is 12.4. The van der Waals surface area contributed by atoms with E-state index in [0.29, 0.717) is 16.6 Å². The fourth-order valence-electron chi connectivity index (χ4n) is 2.78. The Morgan fingerprint density at radius 1 is 1.44 bits per heavy atom. The molecule has 7 nitrogen and oxygen atoms in total. The second-order valence-corrected chi connectivity index (χ2v) is 8.15. The minimum atomic E-state index is -0.521. The molecular formula is C16H16N4O3S2. The summed E-state index contributed by atoms with van der Waals surface area (Å²) in [6.45, 7) is 5.93. The standard InChI is InChI=1S/C16H16N4O3S2/c1-9(2)19-6-5-10-11(7-17)16(25-13(10)8-19)18-15(21)12-3-4-14(24-12)20(22)23/h3-4,9H,5-6,8H2,1-2H3,(H,18,21). The van der Waals surface area contributed by atoms with Crippen molar-refractivity contribution in [1.82, 2.24) is 4.90 Å². The lowest BCUT2D eigenvalue weighted by molar-refractivity contribution is -0.380. The second-order valence-electron chi connectivity index (χ2n) is 5.98. The van der Waals surface area contributed by atoms with Gasteiger partial charge in [0.25, 0.3) is 5.91 Å². The van der Waals surface area contributed by atoms with E-state index in [4.69, 9.17) is 0 Å². The van der Waals surface area contributed by atoms with Crippen molar-refractivity contribution in [3.8, 4) is 6.07 Å². The van der Waals surface area contributed by atoms with Gasteiger partial charge in [0.1, 0.15) is 11.1 Å². The Bertz CT molecular complexity index is 879. The number of hydrogen-bond donors (Lipinski definition) is 1. The smallest absolute Gasteiger partial charge is 0.312 e. The molecule has 0 saturated heterocycles. The van der Waals surface area contributed by atoms with Crippen LogP contribution in [0.3, 0.4) is 0 Å². The molecule has 1 amide bonds. The molecule has 0 spiro atoms. The molecule has 0 atom stereocenters. The molecule has 1 N–H and O–H groups in total. The Labute approximate surface area is 152 Å². The van der Waals surface area contributed by atoms with Gasteiger partial charge in [0, 0.05) is 30.1 Å². The van der Waals surface area contributed by atoms with Crippen LogP contribution in [-0.4, -0.2) is 28.3 Å². The van der Waals surface area contributed by atoms with Gasteiger partial charge in [-0.3, -0.25) is 19.8 Å². The molecule has 0 unspecified atom stereocenters. The van der Waals surface area contributed by atoms with Crippen LogP contribution in [0.4, 0.5) is 10.0 Å². The van der Waals surface area contributed by atoms with Crippen LogP contribution >= 0.6 is 22.7 Å². The van der Waals surface area contributed by atoms with Gasteiger partial charge in [-0.25, -0.2) is 0 Å². The Hall–Kier alpha value is -2.28. The maximum absolute atomic E-state index is 12.4. The number of amides is 1. The lowest BCUT2D eigenvalue weighted by Gasteiger charge is -2.30. The molecule has 3 heterocycles. The summed E-state index contributed by atoms with van der Waals surface area (Å²) in [5, 5.41) is 23.5. The molecule has 9 heteroatoms. The fourth-order valence-corrected chi connectivity index (χ4v) is 4.72. The summed E-state index contributed by atoms with van der Waals surface area (Å²) in [4.78, 5) is 26.3.